The van der Waals surface area contributed by atoms with Crippen LogP contribution in [0.1, 0.15) is 34.5 Å². The van der Waals surface area contributed by atoms with E-state index in [9.17, 15) is 9.59 Å². The molecule has 1 saturated heterocycles. The summed E-state index contributed by atoms with van der Waals surface area (Å²) >= 11 is 0. The first-order valence-corrected chi connectivity index (χ1v) is 11.2. The smallest absolute Gasteiger partial charge is 0.253 e. The average Bonchev–Trinajstić information content (AvgIpc) is 3.37. The Morgan fingerprint density at radius 2 is 1.88 bits per heavy atom. The third kappa shape index (κ3) is 6.02. The Hall–Kier alpha value is -3.58. The van der Waals surface area contributed by atoms with Crippen molar-refractivity contribution in [2.75, 3.05) is 25.5 Å². The van der Waals surface area contributed by atoms with Gasteiger partial charge in [0.1, 0.15) is 11.5 Å². The van der Waals surface area contributed by atoms with Crippen molar-refractivity contribution in [3.8, 4) is 5.75 Å². The summed E-state index contributed by atoms with van der Waals surface area (Å²) < 4.78 is 10.6. The molecule has 0 saturated carbocycles. The van der Waals surface area contributed by atoms with Crippen molar-refractivity contribution in [2.45, 2.75) is 25.9 Å². The number of para-hydroxylation sites is 1. The second-order valence-corrected chi connectivity index (χ2v) is 8.20. The zero-order valence-electron chi connectivity index (χ0n) is 18.8. The lowest BCUT2D eigenvalue weighted by molar-refractivity contribution is -0.121. The van der Waals surface area contributed by atoms with Gasteiger partial charge in [0.15, 0.2) is 0 Å². The SMILES string of the molecule is COc1cccc(CN2CCC(C(=O)Nc3ccccc3C(=O)NCc3ccco3)CC2)c1. The van der Waals surface area contributed by atoms with Crippen molar-refractivity contribution in [3.05, 3.63) is 83.8 Å². The molecule has 3 aromatic rings. The minimum atomic E-state index is -0.254. The minimum Gasteiger partial charge on any atom is -0.497 e. The molecule has 1 aliphatic heterocycles. The molecule has 2 aromatic carbocycles. The first-order chi connectivity index (χ1) is 16.1. The fraction of sp³-hybridized carbons (Fsp3) is 0.308. The van der Waals surface area contributed by atoms with E-state index in [0.717, 1.165) is 38.2 Å². The largest absolute Gasteiger partial charge is 0.497 e. The fourth-order valence-corrected chi connectivity index (χ4v) is 4.08. The molecule has 2 N–H and O–H groups in total. The maximum atomic E-state index is 12.9. The van der Waals surface area contributed by atoms with Crippen LogP contribution in [0.25, 0.3) is 0 Å². The third-order valence-electron chi connectivity index (χ3n) is 5.93. The topological polar surface area (TPSA) is 83.8 Å². The highest BCUT2D eigenvalue weighted by atomic mass is 16.5. The lowest BCUT2D eigenvalue weighted by atomic mass is 9.95. The number of benzene rings is 2. The summed E-state index contributed by atoms with van der Waals surface area (Å²) in [5.74, 6) is 1.16. The summed E-state index contributed by atoms with van der Waals surface area (Å²) in [7, 11) is 1.67. The van der Waals surface area contributed by atoms with Crippen LogP contribution in [0.3, 0.4) is 0 Å². The van der Waals surface area contributed by atoms with Crippen molar-refractivity contribution in [3.63, 3.8) is 0 Å². The number of methoxy groups -OCH3 is 1. The van der Waals surface area contributed by atoms with Crippen LogP contribution in [0.5, 0.6) is 5.75 Å². The molecule has 2 amide bonds. The number of carbonyl (C=O) groups is 2. The molecule has 1 aromatic heterocycles. The zero-order chi connectivity index (χ0) is 23.0. The second-order valence-electron chi connectivity index (χ2n) is 8.20. The zero-order valence-corrected chi connectivity index (χ0v) is 18.8. The van der Waals surface area contributed by atoms with Crippen LogP contribution in [0.2, 0.25) is 0 Å². The fourth-order valence-electron chi connectivity index (χ4n) is 4.08. The Kier molecular flexibility index (Phi) is 7.42. The van der Waals surface area contributed by atoms with Gasteiger partial charge in [-0.25, -0.2) is 0 Å². The van der Waals surface area contributed by atoms with Gasteiger partial charge in [-0.1, -0.05) is 24.3 Å². The van der Waals surface area contributed by atoms with Gasteiger partial charge in [-0.2, -0.15) is 0 Å². The van der Waals surface area contributed by atoms with Crippen LogP contribution in [-0.2, 0) is 17.9 Å². The molecular weight excluding hydrogens is 418 g/mol. The van der Waals surface area contributed by atoms with Gasteiger partial charge < -0.3 is 19.8 Å². The molecule has 1 aliphatic rings. The van der Waals surface area contributed by atoms with Gasteiger partial charge in [-0.05, 0) is 67.9 Å². The minimum absolute atomic E-state index is 0.0395. The van der Waals surface area contributed by atoms with E-state index >= 15 is 0 Å². The van der Waals surface area contributed by atoms with E-state index in [2.05, 4.69) is 21.6 Å². The number of furan rings is 1. The summed E-state index contributed by atoms with van der Waals surface area (Å²) in [5.41, 5.74) is 2.16. The molecule has 0 unspecified atom stereocenters. The van der Waals surface area contributed by atoms with Gasteiger partial charge in [0.05, 0.1) is 31.2 Å². The number of piperidine rings is 1. The maximum Gasteiger partial charge on any atom is 0.253 e. The first kappa shape index (κ1) is 22.6. The Morgan fingerprint density at radius 1 is 1.06 bits per heavy atom. The summed E-state index contributed by atoms with van der Waals surface area (Å²) in [6, 6.07) is 18.7. The number of nitrogens with one attached hydrogen (secondary N) is 2. The molecule has 0 radical (unpaired) electrons. The lowest BCUT2D eigenvalue weighted by Gasteiger charge is -2.31. The molecule has 2 heterocycles. The summed E-state index contributed by atoms with van der Waals surface area (Å²) in [6.07, 6.45) is 3.13. The standard InChI is InChI=1S/C26H29N3O4/c1-32-21-7-4-6-19(16-21)18-29-13-11-20(12-14-29)25(30)28-24-10-3-2-9-23(24)26(31)27-17-22-8-5-15-33-22/h2-10,15-16,20H,11-14,17-18H2,1H3,(H,27,31)(H,28,30). The number of carbonyl (C=O) groups excluding carboxylic acids is 2. The summed E-state index contributed by atoms with van der Waals surface area (Å²) in [5, 5.41) is 5.81. The van der Waals surface area contributed by atoms with Crippen molar-refractivity contribution in [2.24, 2.45) is 5.92 Å². The second kappa shape index (κ2) is 10.8. The van der Waals surface area contributed by atoms with Crippen LogP contribution in [0, 0.1) is 5.92 Å². The third-order valence-corrected chi connectivity index (χ3v) is 5.93. The summed E-state index contributed by atoms with van der Waals surface area (Å²) in [4.78, 5) is 28.0. The first-order valence-electron chi connectivity index (χ1n) is 11.2. The van der Waals surface area contributed by atoms with Crippen LogP contribution in [0.15, 0.2) is 71.3 Å². The van der Waals surface area contributed by atoms with E-state index in [1.165, 1.54) is 5.56 Å². The molecule has 0 spiro atoms. The van der Waals surface area contributed by atoms with Crippen LogP contribution >= 0.6 is 0 Å². The van der Waals surface area contributed by atoms with E-state index in [4.69, 9.17) is 9.15 Å². The molecule has 7 nitrogen and oxygen atoms in total. The van der Waals surface area contributed by atoms with Gasteiger partial charge in [-0.15, -0.1) is 0 Å². The number of hydrogen-bond donors (Lipinski definition) is 2. The average molecular weight is 448 g/mol. The lowest BCUT2D eigenvalue weighted by Crippen LogP contribution is -2.38. The Labute approximate surface area is 193 Å². The number of nitrogens with zero attached hydrogens (tertiary/aromatic N) is 1. The quantitative estimate of drug-likeness (QED) is 0.544. The van der Waals surface area contributed by atoms with E-state index in [1.54, 1.807) is 43.7 Å². The highest BCUT2D eigenvalue weighted by Crippen LogP contribution is 2.23. The van der Waals surface area contributed by atoms with Gasteiger partial charge in [0.2, 0.25) is 5.91 Å². The maximum absolute atomic E-state index is 12.9. The number of anilines is 1. The Balaban J connectivity index is 1.30. The molecule has 1 fully saturated rings. The van der Waals surface area contributed by atoms with Gasteiger partial charge in [0, 0.05) is 12.5 Å². The van der Waals surface area contributed by atoms with E-state index in [1.807, 2.05) is 24.3 Å². The molecule has 0 atom stereocenters. The van der Waals surface area contributed by atoms with Gasteiger partial charge >= 0.3 is 0 Å². The van der Waals surface area contributed by atoms with Crippen molar-refractivity contribution in [1.82, 2.24) is 10.2 Å². The monoisotopic (exact) mass is 447 g/mol. The number of likely N-dealkylation sites (tertiary alicyclic amines) is 1. The van der Waals surface area contributed by atoms with E-state index in [0.29, 0.717) is 23.6 Å². The molecule has 7 heteroatoms. The van der Waals surface area contributed by atoms with E-state index < -0.39 is 0 Å². The predicted octanol–water partition coefficient (Wildman–Crippen LogP) is 4.07. The van der Waals surface area contributed by atoms with Crippen LogP contribution in [-0.4, -0.2) is 36.9 Å². The molecule has 33 heavy (non-hydrogen) atoms. The number of amides is 2. The molecule has 0 aliphatic carbocycles. The van der Waals surface area contributed by atoms with Crippen molar-refractivity contribution >= 4 is 17.5 Å². The molecule has 0 bridgehead atoms. The normalized spacial score (nSPS) is 14.6. The molecule has 4 rings (SSSR count). The highest BCUT2D eigenvalue weighted by Gasteiger charge is 2.26. The van der Waals surface area contributed by atoms with Gasteiger partial charge in [0.25, 0.3) is 5.91 Å². The van der Waals surface area contributed by atoms with Crippen molar-refractivity contribution in [1.29, 1.82) is 0 Å². The Bertz CT molecular complexity index is 1070. The van der Waals surface area contributed by atoms with Crippen LogP contribution in [0.4, 0.5) is 5.69 Å². The molecular formula is C26H29N3O4. The van der Waals surface area contributed by atoms with Crippen LogP contribution < -0.4 is 15.4 Å². The van der Waals surface area contributed by atoms with Gasteiger partial charge in [-0.3, -0.25) is 14.5 Å². The number of ether oxygens (including phenoxy) is 1. The van der Waals surface area contributed by atoms with E-state index in [-0.39, 0.29) is 17.7 Å². The number of hydrogen-bond acceptors (Lipinski definition) is 5. The summed E-state index contributed by atoms with van der Waals surface area (Å²) in [6.45, 7) is 2.82. The van der Waals surface area contributed by atoms with Crippen molar-refractivity contribution < 1.29 is 18.7 Å². The Morgan fingerprint density at radius 3 is 2.64 bits per heavy atom. The number of rotatable bonds is 8. The highest BCUT2D eigenvalue weighted by molar-refractivity contribution is 6.04. The molecule has 172 valence electrons. The predicted molar refractivity (Wildman–Crippen MR) is 126 cm³/mol.